The minimum absolute atomic E-state index is 0.0420. The Hall–Kier alpha value is -3.17. The number of fused-ring (bicyclic) bond motifs is 2. The number of thiophene rings is 1. The molecule has 7 nitrogen and oxygen atoms in total. The van der Waals surface area contributed by atoms with E-state index in [0.29, 0.717) is 19.4 Å². The minimum atomic E-state index is -0.720. The Morgan fingerprint density at radius 1 is 0.867 bits per heavy atom. The zero-order valence-corrected chi connectivity index (χ0v) is 27.6. The smallest absolute Gasteiger partial charge is 0.434 e. The highest BCUT2D eigenvalue weighted by atomic mass is 32.1. The quantitative estimate of drug-likeness (QED) is 0.116. The van der Waals surface area contributed by atoms with Crippen molar-refractivity contribution in [3.63, 3.8) is 0 Å². The van der Waals surface area contributed by atoms with Crippen LogP contribution in [-0.4, -0.2) is 63.0 Å². The summed E-state index contributed by atoms with van der Waals surface area (Å²) < 4.78 is 25.9. The molecule has 0 radical (unpaired) electrons. The molecule has 1 aromatic heterocycles. The second-order valence-corrected chi connectivity index (χ2v) is 13.3. The lowest BCUT2D eigenvalue weighted by atomic mass is 9.98. The predicted octanol–water partition coefficient (Wildman–Crippen LogP) is 8.33. The van der Waals surface area contributed by atoms with Gasteiger partial charge in [-0.25, -0.2) is 9.18 Å². The Bertz CT molecular complexity index is 1400. The number of ether oxygens (including phenoxy) is 2. The van der Waals surface area contributed by atoms with Crippen LogP contribution in [0.1, 0.15) is 82.3 Å². The number of unbranched alkanes of at least 4 members (excludes halogenated alkanes) is 8. The number of benzene rings is 2. The van der Waals surface area contributed by atoms with E-state index < -0.39 is 6.16 Å². The molecule has 9 heteroatoms. The summed E-state index contributed by atoms with van der Waals surface area (Å²) in [6.07, 6.45) is 12.0. The van der Waals surface area contributed by atoms with Gasteiger partial charge in [0.1, 0.15) is 5.82 Å². The average molecular weight is 638 g/mol. The van der Waals surface area contributed by atoms with Crippen molar-refractivity contribution in [2.75, 3.05) is 55.9 Å². The SMILES string of the molecule is CCCCCCCCCCCOC(=O)OCN1C(=O)CCc2ccc(CCN3CCN(c4cc(F)cc5sccc45)CC3)cc21. The molecule has 0 N–H and O–H groups in total. The maximum Gasteiger partial charge on any atom is 0.510 e. The number of anilines is 2. The van der Waals surface area contributed by atoms with Crippen LogP contribution in [0.3, 0.4) is 0 Å². The van der Waals surface area contributed by atoms with E-state index in [9.17, 15) is 14.0 Å². The Labute approximate surface area is 271 Å². The fraction of sp³-hybridized carbons (Fsp3) is 0.556. The van der Waals surface area contributed by atoms with Crippen LogP contribution < -0.4 is 9.80 Å². The molecule has 244 valence electrons. The molecule has 5 rings (SSSR count). The number of nitrogens with zero attached hydrogens (tertiary/aromatic N) is 3. The van der Waals surface area contributed by atoms with E-state index in [0.717, 1.165) is 91.0 Å². The van der Waals surface area contributed by atoms with Crippen molar-refractivity contribution in [1.82, 2.24) is 4.90 Å². The molecule has 0 unspecified atom stereocenters. The van der Waals surface area contributed by atoms with Crippen LogP contribution in [0, 0.1) is 5.82 Å². The molecule has 45 heavy (non-hydrogen) atoms. The monoisotopic (exact) mass is 637 g/mol. The van der Waals surface area contributed by atoms with Gasteiger partial charge < -0.3 is 14.4 Å². The largest absolute Gasteiger partial charge is 0.510 e. The summed E-state index contributed by atoms with van der Waals surface area (Å²) in [5.74, 6) is -0.224. The van der Waals surface area contributed by atoms with Crippen LogP contribution in [-0.2, 0) is 27.1 Å². The maximum absolute atomic E-state index is 14.2. The highest BCUT2D eigenvalue weighted by Crippen LogP contribution is 2.33. The molecule has 1 saturated heterocycles. The molecule has 1 amide bonds. The fourth-order valence-corrected chi connectivity index (χ4v) is 7.22. The van der Waals surface area contributed by atoms with Gasteiger partial charge in [-0.2, -0.15) is 0 Å². The first-order valence-corrected chi connectivity index (χ1v) is 17.8. The van der Waals surface area contributed by atoms with Crippen LogP contribution in [0.2, 0.25) is 0 Å². The number of amides is 1. The molecule has 0 bridgehead atoms. The Kier molecular flexibility index (Phi) is 12.5. The topological polar surface area (TPSA) is 62.3 Å². The van der Waals surface area contributed by atoms with Crippen molar-refractivity contribution in [1.29, 1.82) is 0 Å². The number of hydrogen-bond donors (Lipinski definition) is 0. The molecule has 3 aromatic rings. The van der Waals surface area contributed by atoms with Crippen molar-refractivity contribution < 1.29 is 23.5 Å². The lowest BCUT2D eigenvalue weighted by Gasteiger charge is -2.36. The van der Waals surface area contributed by atoms with Gasteiger partial charge in [-0.05, 0) is 60.0 Å². The van der Waals surface area contributed by atoms with Crippen LogP contribution in [0.15, 0.2) is 41.8 Å². The van der Waals surface area contributed by atoms with Crippen molar-refractivity contribution in [3.8, 4) is 0 Å². The molecular weight excluding hydrogens is 589 g/mol. The first-order valence-electron chi connectivity index (χ1n) is 16.9. The summed E-state index contributed by atoms with van der Waals surface area (Å²) in [5, 5.41) is 3.15. The summed E-state index contributed by atoms with van der Waals surface area (Å²) in [6, 6.07) is 11.7. The minimum Gasteiger partial charge on any atom is -0.434 e. The van der Waals surface area contributed by atoms with Crippen molar-refractivity contribution in [2.24, 2.45) is 0 Å². The van der Waals surface area contributed by atoms with Gasteiger partial charge in [0.2, 0.25) is 5.91 Å². The molecular formula is C36H48FN3O4S. The molecule has 2 aromatic carbocycles. The number of piperazine rings is 1. The van der Waals surface area contributed by atoms with Crippen LogP contribution >= 0.6 is 11.3 Å². The lowest BCUT2D eigenvalue weighted by molar-refractivity contribution is -0.119. The Morgan fingerprint density at radius 3 is 2.40 bits per heavy atom. The molecule has 0 aliphatic carbocycles. The van der Waals surface area contributed by atoms with Gasteiger partial charge >= 0.3 is 6.16 Å². The molecule has 1 fully saturated rings. The summed E-state index contributed by atoms with van der Waals surface area (Å²) in [5.41, 5.74) is 4.05. The molecule has 2 aliphatic rings. The lowest BCUT2D eigenvalue weighted by Crippen LogP contribution is -2.47. The van der Waals surface area contributed by atoms with Crippen LogP contribution in [0.25, 0.3) is 10.1 Å². The van der Waals surface area contributed by atoms with Gasteiger partial charge in [0.25, 0.3) is 0 Å². The third kappa shape index (κ3) is 9.42. The fourth-order valence-electron chi connectivity index (χ4n) is 6.39. The van der Waals surface area contributed by atoms with Gasteiger partial charge in [-0.15, -0.1) is 11.3 Å². The van der Waals surface area contributed by atoms with E-state index >= 15 is 0 Å². The number of rotatable bonds is 16. The number of halogens is 1. The third-order valence-electron chi connectivity index (χ3n) is 9.07. The zero-order valence-electron chi connectivity index (χ0n) is 26.7. The molecule has 0 spiro atoms. The number of hydrogen-bond acceptors (Lipinski definition) is 7. The van der Waals surface area contributed by atoms with Gasteiger partial charge in [-0.3, -0.25) is 14.6 Å². The number of aryl methyl sites for hydroxylation is 1. The summed E-state index contributed by atoms with van der Waals surface area (Å²) in [6.45, 7) is 6.87. The van der Waals surface area contributed by atoms with E-state index in [-0.39, 0.29) is 18.5 Å². The van der Waals surface area contributed by atoms with Crippen molar-refractivity contribution in [3.05, 3.63) is 58.7 Å². The normalized spacial score (nSPS) is 15.5. The summed E-state index contributed by atoms with van der Waals surface area (Å²) >= 11 is 1.58. The first-order chi connectivity index (χ1) is 22.0. The van der Waals surface area contributed by atoms with E-state index in [1.165, 1.54) is 38.5 Å². The summed E-state index contributed by atoms with van der Waals surface area (Å²) in [7, 11) is 0. The van der Waals surface area contributed by atoms with E-state index in [4.69, 9.17) is 9.47 Å². The van der Waals surface area contributed by atoms with Crippen molar-refractivity contribution in [2.45, 2.75) is 84.0 Å². The maximum atomic E-state index is 14.2. The van der Waals surface area contributed by atoms with Gasteiger partial charge in [0, 0.05) is 54.9 Å². The van der Waals surface area contributed by atoms with Gasteiger partial charge in [0.05, 0.1) is 12.3 Å². The Morgan fingerprint density at radius 2 is 1.62 bits per heavy atom. The highest BCUT2D eigenvalue weighted by molar-refractivity contribution is 7.17. The summed E-state index contributed by atoms with van der Waals surface area (Å²) in [4.78, 5) is 31.4. The second kappa shape index (κ2) is 16.9. The van der Waals surface area contributed by atoms with E-state index in [2.05, 4.69) is 41.0 Å². The Balaban J connectivity index is 1.04. The van der Waals surface area contributed by atoms with Crippen LogP contribution in [0.4, 0.5) is 20.6 Å². The first kappa shape index (κ1) is 33.2. The molecule has 0 atom stereocenters. The van der Waals surface area contributed by atoms with E-state index in [1.54, 1.807) is 28.4 Å². The zero-order chi connectivity index (χ0) is 31.4. The number of carbonyl (C=O) groups is 2. The molecule has 2 aliphatic heterocycles. The average Bonchev–Trinajstić information content (AvgIpc) is 3.52. The van der Waals surface area contributed by atoms with Gasteiger partial charge in [-0.1, -0.05) is 70.4 Å². The second-order valence-electron chi connectivity index (χ2n) is 12.3. The predicted molar refractivity (Wildman–Crippen MR) is 181 cm³/mol. The van der Waals surface area contributed by atoms with Crippen LogP contribution in [0.5, 0.6) is 0 Å². The number of carbonyl (C=O) groups excluding carboxylic acids is 2. The molecule has 0 saturated carbocycles. The third-order valence-corrected chi connectivity index (χ3v) is 9.94. The molecule has 3 heterocycles. The van der Waals surface area contributed by atoms with Gasteiger partial charge in [0.15, 0.2) is 6.73 Å². The highest BCUT2D eigenvalue weighted by Gasteiger charge is 2.26. The van der Waals surface area contributed by atoms with Crippen molar-refractivity contribution >= 4 is 44.9 Å². The standard InChI is InChI=1S/C36H48FN3O4S/c1-2-3-4-5-6-7-8-9-10-22-43-36(42)44-27-40-32-24-28(11-12-29(32)13-14-35(40)41)15-17-38-18-20-39(21-19-38)33-25-30(37)26-34-31(33)16-23-45-34/h11-12,16,23-26H,2-10,13-15,17-22,27H2,1H3. The van der Waals surface area contributed by atoms with E-state index in [1.807, 2.05) is 5.38 Å².